The molecule has 0 N–H and O–H groups in total. The Morgan fingerprint density at radius 1 is 0.455 bits per heavy atom. The number of hydrogen-bond acceptors (Lipinski definition) is 0. The number of halogens is 2. The maximum Gasteiger partial charge on any atom is 0.0333 e. The molecule has 106 valence electrons. The third kappa shape index (κ3) is 2.18. The van der Waals surface area contributed by atoms with E-state index in [9.17, 15) is 0 Å². The van der Waals surface area contributed by atoms with Crippen molar-refractivity contribution >= 4 is 53.4 Å². The van der Waals surface area contributed by atoms with Gasteiger partial charge in [0, 0.05) is 8.95 Å². The van der Waals surface area contributed by atoms with Crippen LogP contribution in [0.15, 0.2) is 81.7 Å². The standard InChI is InChI=1S/C20H12Br2/c21-19-15-8-4-5-9-16(15)20(22)18-12-14(10-11-17(18)19)13-6-2-1-3-7-13/h1-12H. The predicted molar refractivity (Wildman–Crippen MR) is 102 cm³/mol. The number of hydrogen-bond donors (Lipinski definition) is 0. The van der Waals surface area contributed by atoms with E-state index in [1.54, 1.807) is 0 Å². The van der Waals surface area contributed by atoms with Crippen LogP contribution in [0.3, 0.4) is 0 Å². The molecule has 0 atom stereocenters. The summed E-state index contributed by atoms with van der Waals surface area (Å²) in [5.74, 6) is 0. The molecule has 0 unspecified atom stereocenters. The van der Waals surface area contributed by atoms with Crippen LogP contribution < -0.4 is 0 Å². The first kappa shape index (κ1) is 14.0. The van der Waals surface area contributed by atoms with Gasteiger partial charge in [-0.2, -0.15) is 0 Å². The van der Waals surface area contributed by atoms with Crippen molar-refractivity contribution in [3.63, 3.8) is 0 Å². The predicted octanol–water partition coefficient (Wildman–Crippen LogP) is 7.19. The van der Waals surface area contributed by atoms with Crippen LogP contribution >= 0.6 is 31.9 Å². The van der Waals surface area contributed by atoms with Crippen LogP contribution in [0, 0.1) is 0 Å². The highest BCUT2D eigenvalue weighted by atomic mass is 79.9. The molecule has 0 saturated carbocycles. The van der Waals surface area contributed by atoms with E-state index < -0.39 is 0 Å². The molecule has 22 heavy (non-hydrogen) atoms. The number of rotatable bonds is 1. The van der Waals surface area contributed by atoms with Crippen molar-refractivity contribution in [3.05, 3.63) is 81.7 Å². The van der Waals surface area contributed by atoms with E-state index in [-0.39, 0.29) is 0 Å². The van der Waals surface area contributed by atoms with Gasteiger partial charge in [-0.3, -0.25) is 0 Å². The van der Waals surface area contributed by atoms with Gasteiger partial charge in [0.05, 0.1) is 0 Å². The van der Waals surface area contributed by atoms with Gasteiger partial charge in [-0.15, -0.1) is 0 Å². The van der Waals surface area contributed by atoms with Crippen LogP contribution in [-0.4, -0.2) is 0 Å². The van der Waals surface area contributed by atoms with Crippen LogP contribution in [0.4, 0.5) is 0 Å². The van der Waals surface area contributed by atoms with Gasteiger partial charge in [-0.25, -0.2) is 0 Å². The molecule has 0 spiro atoms. The lowest BCUT2D eigenvalue weighted by molar-refractivity contribution is 1.64. The molecule has 0 aliphatic carbocycles. The molecule has 0 aromatic heterocycles. The van der Waals surface area contributed by atoms with Crippen LogP contribution in [-0.2, 0) is 0 Å². The van der Waals surface area contributed by atoms with Gasteiger partial charge in [0.2, 0.25) is 0 Å². The van der Waals surface area contributed by atoms with E-state index >= 15 is 0 Å². The maximum absolute atomic E-state index is 3.80. The quantitative estimate of drug-likeness (QED) is 0.291. The van der Waals surface area contributed by atoms with Crippen LogP contribution in [0.5, 0.6) is 0 Å². The number of fused-ring (bicyclic) bond motifs is 2. The second kappa shape index (κ2) is 5.53. The first-order valence-corrected chi connectivity index (χ1v) is 8.69. The molecule has 0 heterocycles. The third-order valence-electron chi connectivity index (χ3n) is 4.00. The Labute approximate surface area is 146 Å². The third-order valence-corrected chi connectivity index (χ3v) is 5.71. The Balaban J connectivity index is 2.08. The van der Waals surface area contributed by atoms with Gasteiger partial charge < -0.3 is 0 Å². The Kier molecular flexibility index (Phi) is 3.51. The summed E-state index contributed by atoms with van der Waals surface area (Å²) in [6.45, 7) is 0. The fourth-order valence-electron chi connectivity index (χ4n) is 2.88. The van der Waals surface area contributed by atoms with Gasteiger partial charge in [-0.05, 0) is 70.6 Å². The molecule has 0 amide bonds. The zero-order valence-electron chi connectivity index (χ0n) is 11.7. The van der Waals surface area contributed by atoms with Crippen molar-refractivity contribution in [2.45, 2.75) is 0 Å². The average Bonchev–Trinajstić information content (AvgIpc) is 2.60. The molecule has 0 saturated heterocycles. The Morgan fingerprint density at radius 3 is 1.68 bits per heavy atom. The van der Waals surface area contributed by atoms with E-state index in [2.05, 4.69) is 98.6 Å². The van der Waals surface area contributed by atoms with E-state index in [1.165, 1.54) is 32.7 Å². The molecule has 2 heteroatoms. The minimum atomic E-state index is 1.15. The smallest absolute Gasteiger partial charge is 0.0333 e. The molecule has 4 aromatic rings. The lowest BCUT2D eigenvalue weighted by atomic mass is 9.98. The molecule has 0 nitrogen and oxygen atoms in total. The van der Waals surface area contributed by atoms with Crippen LogP contribution in [0.2, 0.25) is 0 Å². The molecule has 0 radical (unpaired) electrons. The van der Waals surface area contributed by atoms with Gasteiger partial charge in [0.1, 0.15) is 0 Å². The van der Waals surface area contributed by atoms with Crippen LogP contribution in [0.1, 0.15) is 0 Å². The SMILES string of the molecule is Brc1c2ccccc2c(Br)c2cc(-c3ccccc3)ccc12. The average molecular weight is 412 g/mol. The van der Waals surface area contributed by atoms with Gasteiger partial charge in [-0.1, -0.05) is 66.7 Å². The van der Waals surface area contributed by atoms with Gasteiger partial charge in [0.15, 0.2) is 0 Å². The number of benzene rings is 4. The fourth-order valence-corrected chi connectivity index (χ4v) is 4.25. The minimum absolute atomic E-state index is 1.15. The highest BCUT2D eigenvalue weighted by Crippen LogP contribution is 2.40. The topological polar surface area (TPSA) is 0 Å². The van der Waals surface area contributed by atoms with Crippen molar-refractivity contribution in [2.75, 3.05) is 0 Å². The summed E-state index contributed by atoms with van der Waals surface area (Å²) < 4.78 is 2.31. The van der Waals surface area contributed by atoms with E-state index in [4.69, 9.17) is 0 Å². The van der Waals surface area contributed by atoms with E-state index in [0.29, 0.717) is 0 Å². The Bertz CT molecular complexity index is 989. The molecule has 0 fully saturated rings. The molecule has 4 aromatic carbocycles. The van der Waals surface area contributed by atoms with E-state index in [0.717, 1.165) is 8.95 Å². The summed E-state index contributed by atoms with van der Waals surface area (Å²) in [5.41, 5.74) is 2.47. The highest BCUT2D eigenvalue weighted by Gasteiger charge is 2.11. The molecule has 0 aliphatic heterocycles. The largest absolute Gasteiger partial charge is 0.0622 e. The first-order chi connectivity index (χ1) is 10.8. The second-order valence-electron chi connectivity index (χ2n) is 5.30. The first-order valence-electron chi connectivity index (χ1n) is 7.10. The Hall–Kier alpha value is -1.64. The van der Waals surface area contributed by atoms with Crippen molar-refractivity contribution in [2.24, 2.45) is 0 Å². The molecule has 0 aliphatic rings. The normalized spacial score (nSPS) is 11.2. The van der Waals surface area contributed by atoms with Crippen molar-refractivity contribution in [1.82, 2.24) is 0 Å². The molecule has 0 bridgehead atoms. The maximum atomic E-state index is 3.80. The summed E-state index contributed by atoms with van der Waals surface area (Å²) in [7, 11) is 0. The Morgan fingerprint density at radius 2 is 1.00 bits per heavy atom. The molecular formula is C20H12Br2. The lowest BCUT2D eigenvalue weighted by Crippen LogP contribution is -1.84. The van der Waals surface area contributed by atoms with Gasteiger partial charge >= 0.3 is 0 Å². The lowest BCUT2D eigenvalue weighted by Gasteiger charge is -2.11. The van der Waals surface area contributed by atoms with E-state index in [1.807, 2.05) is 6.07 Å². The highest BCUT2D eigenvalue weighted by molar-refractivity contribution is 9.11. The summed E-state index contributed by atoms with van der Waals surface area (Å²) in [5, 5.41) is 4.92. The molecular weight excluding hydrogens is 400 g/mol. The zero-order chi connectivity index (χ0) is 15.1. The monoisotopic (exact) mass is 410 g/mol. The minimum Gasteiger partial charge on any atom is -0.0622 e. The summed E-state index contributed by atoms with van der Waals surface area (Å²) in [6, 6.07) is 25.6. The summed E-state index contributed by atoms with van der Waals surface area (Å²) >= 11 is 7.58. The van der Waals surface area contributed by atoms with Crippen molar-refractivity contribution < 1.29 is 0 Å². The van der Waals surface area contributed by atoms with Crippen molar-refractivity contribution in [1.29, 1.82) is 0 Å². The molecule has 4 rings (SSSR count). The van der Waals surface area contributed by atoms with Gasteiger partial charge in [0.25, 0.3) is 0 Å². The summed E-state index contributed by atoms with van der Waals surface area (Å²) in [6.07, 6.45) is 0. The van der Waals surface area contributed by atoms with Crippen LogP contribution in [0.25, 0.3) is 32.7 Å². The fraction of sp³-hybridized carbons (Fsp3) is 0. The van der Waals surface area contributed by atoms with Crippen molar-refractivity contribution in [3.8, 4) is 11.1 Å². The zero-order valence-corrected chi connectivity index (χ0v) is 14.9. The summed E-state index contributed by atoms with van der Waals surface area (Å²) in [4.78, 5) is 0. The second-order valence-corrected chi connectivity index (χ2v) is 6.89.